The van der Waals surface area contributed by atoms with Gasteiger partial charge < -0.3 is 15.5 Å². The van der Waals surface area contributed by atoms with Crippen molar-refractivity contribution in [3.05, 3.63) is 0 Å². The van der Waals surface area contributed by atoms with Crippen LogP contribution in [0.25, 0.3) is 0 Å². The summed E-state index contributed by atoms with van der Waals surface area (Å²) in [4.78, 5) is 15.3. The van der Waals surface area contributed by atoms with E-state index in [-0.39, 0.29) is 11.9 Å². The fourth-order valence-electron chi connectivity index (χ4n) is 8.31. The molecule has 3 atom stereocenters. The Hall–Kier alpha value is -1.49. The van der Waals surface area contributed by atoms with Crippen molar-refractivity contribution >= 4 is 5.91 Å². The molecule has 0 saturated heterocycles. The molecule has 0 aromatic rings. The number of hydrogen-bond acceptors (Lipinski definition) is 3. The number of unbranched alkanes of at least 4 members (excludes halogenated alkanes) is 18. The van der Waals surface area contributed by atoms with Crippen molar-refractivity contribution in [3.63, 3.8) is 0 Å². The number of nitrogens with zero attached hydrogens (tertiary/aromatic N) is 1. The molecule has 3 unspecified atom stereocenters. The monoisotopic (exact) mass is 724 g/mol. The van der Waals surface area contributed by atoms with Crippen molar-refractivity contribution in [1.82, 2.24) is 15.5 Å². The van der Waals surface area contributed by atoms with E-state index in [9.17, 15) is 4.79 Å². The highest BCUT2D eigenvalue weighted by Crippen LogP contribution is 2.32. The highest BCUT2D eigenvalue weighted by atomic mass is 16.2. The van der Waals surface area contributed by atoms with Gasteiger partial charge in [-0.2, -0.15) is 0 Å². The van der Waals surface area contributed by atoms with Gasteiger partial charge >= 0.3 is 0 Å². The van der Waals surface area contributed by atoms with Crippen LogP contribution in [0.5, 0.6) is 0 Å². The fraction of sp³-hybridized carbons (Fsp3) is 0.896. The molecule has 4 nitrogen and oxygen atoms in total. The Balaban J connectivity index is 2.24. The second kappa shape index (κ2) is 36.5. The lowest BCUT2D eigenvalue weighted by molar-refractivity contribution is -0.124. The van der Waals surface area contributed by atoms with Crippen molar-refractivity contribution in [1.29, 1.82) is 0 Å². The van der Waals surface area contributed by atoms with Gasteiger partial charge in [0.15, 0.2) is 0 Å². The molecule has 1 amide bonds. The van der Waals surface area contributed by atoms with E-state index in [0.717, 1.165) is 50.7 Å². The van der Waals surface area contributed by atoms with Gasteiger partial charge in [-0.1, -0.05) is 193 Å². The third kappa shape index (κ3) is 28.0. The molecule has 0 heterocycles. The first-order valence-corrected chi connectivity index (χ1v) is 23.1. The zero-order chi connectivity index (χ0) is 37.7. The molecular formula is C48H89N3O. The van der Waals surface area contributed by atoms with Crippen molar-refractivity contribution in [2.75, 3.05) is 33.7 Å². The lowest BCUT2D eigenvalue weighted by atomic mass is 9.79. The Labute approximate surface area is 326 Å². The summed E-state index contributed by atoms with van der Waals surface area (Å²) in [5, 5.41) is 6.89. The van der Waals surface area contributed by atoms with Crippen LogP contribution in [0.15, 0.2) is 0 Å². The molecule has 0 spiro atoms. The van der Waals surface area contributed by atoms with Crippen LogP contribution in [0, 0.1) is 41.4 Å². The molecule has 0 aliphatic heterocycles. The molecule has 1 fully saturated rings. The molecule has 1 aliphatic rings. The largest absolute Gasteiger partial charge is 0.355 e. The maximum absolute atomic E-state index is 13.1. The molecule has 1 saturated carbocycles. The van der Waals surface area contributed by atoms with Crippen LogP contribution in [0.3, 0.4) is 0 Å². The van der Waals surface area contributed by atoms with E-state index in [4.69, 9.17) is 0 Å². The van der Waals surface area contributed by atoms with Gasteiger partial charge in [0.1, 0.15) is 0 Å². The predicted octanol–water partition coefficient (Wildman–Crippen LogP) is 12.6. The Morgan fingerprint density at radius 1 is 0.596 bits per heavy atom. The normalized spacial score (nSPS) is 15.0. The Morgan fingerprint density at radius 2 is 1.10 bits per heavy atom. The Morgan fingerprint density at radius 3 is 1.65 bits per heavy atom. The maximum Gasteiger partial charge on any atom is 0.237 e. The molecule has 1 aliphatic carbocycles. The van der Waals surface area contributed by atoms with Crippen LogP contribution in [0.4, 0.5) is 0 Å². The van der Waals surface area contributed by atoms with Gasteiger partial charge in [0.05, 0.1) is 6.04 Å². The summed E-state index contributed by atoms with van der Waals surface area (Å²) in [5.41, 5.74) is 0. The molecule has 302 valence electrons. The predicted molar refractivity (Wildman–Crippen MR) is 230 cm³/mol. The van der Waals surface area contributed by atoms with E-state index in [0.29, 0.717) is 5.92 Å². The minimum absolute atomic E-state index is 0.0140. The summed E-state index contributed by atoms with van der Waals surface area (Å²) in [6, 6.07) is -0.0140. The summed E-state index contributed by atoms with van der Waals surface area (Å²) < 4.78 is 0. The summed E-state index contributed by atoms with van der Waals surface area (Å²) in [7, 11) is 4.20. The molecule has 2 N–H and O–H groups in total. The lowest BCUT2D eigenvalue weighted by Crippen LogP contribution is -2.50. The van der Waals surface area contributed by atoms with E-state index in [1.807, 2.05) is 0 Å². The SMILES string of the molecule is CCC#CC#CCC(CCCCCCCCCC)C(CCCC)CCCCCCCCCCCCCNC(=O)C(NCCN(C)C)C1CCCCC1. The second-order valence-corrected chi connectivity index (χ2v) is 16.7. The zero-order valence-corrected chi connectivity index (χ0v) is 35.7. The number of carbonyl (C=O) groups excluding carboxylic acids is 1. The van der Waals surface area contributed by atoms with E-state index in [1.165, 1.54) is 180 Å². The van der Waals surface area contributed by atoms with Gasteiger partial charge in [0.25, 0.3) is 0 Å². The lowest BCUT2D eigenvalue weighted by Gasteiger charge is -2.30. The number of rotatable bonds is 34. The Kier molecular flexibility index (Phi) is 34.0. The quantitative estimate of drug-likeness (QED) is 0.0513. The van der Waals surface area contributed by atoms with Crippen LogP contribution in [-0.2, 0) is 4.79 Å². The van der Waals surface area contributed by atoms with Crippen LogP contribution >= 0.6 is 0 Å². The van der Waals surface area contributed by atoms with Gasteiger partial charge in [0.2, 0.25) is 5.91 Å². The standard InChI is InChI=1S/C48H89N3O/c1-6-9-12-14-15-21-25-31-38-45(37-29-24-13-10-7-2)44(35-11-8-3)36-30-26-22-19-17-16-18-20-23-27-34-41-50-48(52)47(49-42-43-51(4)5)46-39-32-28-33-40-46/h44-47,49H,6-9,11-12,14-23,25-28,30-43H2,1-5H3,(H,50,52). The van der Waals surface area contributed by atoms with E-state index in [2.05, 4.69) is 74.1 Å². The third-order valence-electron chi connectivity index (χ3n) is 11.7. The molecule has 0 radical (unpaired) electrons. The highest BCUT2D eigenvalue weighted by molar-refractivity contribution is 5.82. The smallest absolute Gasteiger partial charge is 0.237 e. The number of likely N-dealkylation sites (N-methyl/N-ethyl adjacent to an activating group) is 1. The molecule has 1 rings (SSSR count). The molecular weight excluding hydrogens is 635 g/mol. The summed E-state index contributed by atoms with van der Waals surface area (Å²) in [6.07, 6.45) is 41.0. The fourth-order valence-corrected chi connectivity index (χ4v) is 8.31. The molecule has 52 heavy (non-hydrogen) atoms. The van der Waals surface area contributed by atoms with Crippen molar-refractivity contribution in [2.45, 2.75) is 226 Å². The van der Waals surface area contributed by atoms with E-state index < -0.39 is 0 Å². The van der Waals surface area contributed by atoms with Crippen LogP contribution in [-0.4, -0.2) is 50.6 Å². The third-order valence-corrected chi connectivity index (χ3v) is 11.7. The van der Waals surface area contributed by atoms with Gasteiger partial charge in [-0.25, -0.2) is 0 Å². The highest BCUT2D eigenvalue weighted by Gasteiger charge is 2.28. The molecule has 0 aromatic carbocycles. The van der Waals surface area contributed by atoms with Crippen molar-refractivity contribution < 1.29 is 4.79 Å². The summed E-state index contributed by atoms with van der Waals surface area (Å²) >= 11 is 0. The average molecular weight is 724 g/mol. The number of nitrogens with one attached hydrogen (secondary N) is 2. The van der Waals surface area contributed by atoms with Crippen LogP contribution in [0.2, 0.25) is 0 Å². The average Bonchev–Trinajstić information content (AvgIpc) is 3.15. The topological polar surface area (TPSA) is 44.4 Å². The first-order chi connectivity index (χ1) is 25.5. The number of amides is 1. The van der Waals surface area contributed by atoms with E-state index >= 15 is 0 Å². The minimum atomic E-state index is -0.0140. The maximum atomic E-state index is 13.1. The summed E-state index contributed by atoms with van der Waals surface area (Å²) in [5.74, 6) is 15.2. The van der Waals surface area contributed by atoms with Crippen LogP contribution in [0.1, 0.15) is 220 Å². The second-order valence-electron chi connectivity index (χ2n) is 16.7. The van der Waals surface area contributed by atoms with Crippen LogP contribution < -0.4 is 10.6 Å². The zero-order valence-electron chi connectivity index (χ0n) is 35.7. The van der Waals surface area contributed by atoms with Gasteiger partial charge in [-0.05, 0) is 69.4 Å². The van der Waals surface area contributed by atoms with Gasteiger partial charge in [-0.3, -0.25) is 4.79 Å². The van der Waals surface area contributed by atoms with Gasteiger partial charge in [-0.15, -0.1) is 0 Å². The molecule has 0 bridgehead atoms. The van der Waals surface area contributed by atoms with E-state index in [1.54, 1.807) is 0 Å². The summed E-state index contributed by atoms with van der Waals surface area (Å²) in [6.45, 7) is 9.45. The van der Waals surface area contributed by atoms with Crippen molar-refractivity contribution in [2.24, 2.45) is 17.8 Å². The number of carbonyl (C=O) groups is 1. The first-order valence-electron chi connectivity index (χ1n) is 23.1. The Bertz CT molecular complexity index is 917. The van der Waals surface area contributed by atoms with Crippen molar-refractivity contribution in [3.8, 4) is 23.7 Å². The number of hydrogen-bond donors (Lipinski definition) is 2. The molecule has 0 aromatic heterocycles. The first kappa shape index (κ1) is 48.5. The molecule has 4 heteroatoms. The van der Waals surface area contributed by atoms with Gasteiger partial charge in [0, 0.05) is 32.5 Å². The minimum Gasteiger partial charge on any atom is -0.355 e.